The summed E-state index contributed by atoms with van der Waals surface area (Å²) in [5.74, 6) is 0.171. The van der Waals surface area contributed by atoms with Gasteiger partial charge in [-0.25, -0.2) is 0 Å². The lowest BCUT2D eigenvalue weighted by Crippen LogP contribution is -1.85. The van der Waals surface area contributed by atoms with Crippen molar-refractivity contribution in [2.24, 2.45) is 0 Å². The summed E-state index contributed by atoms with van der Waals surface area (Å²) in [7, 11) is 0. The average molecular weight is 189 g/mol. The number of nitrogens with zero attached hydrogens (tertiary/aromatic N) is 2. The Labute approximate surface area is 79.4 Å². The van der Waals surface area contributed by atoms with Crippen LogP contribution in [0.3, 0.4) is 0 Å². The molecule has 0 aliphatic carbocycles. The van der Waals surface area contributed by atoms with E-state index in [0.29, 0.717) is 12.0 Å². The fourth-order valence-corrected chi connectivity index (χ4v) is 1.15. The van der Waals surface area contributed by atoms with E-state index < -0.39 is 0 Å². The number of H-pyrrole nitrogens is 1. The van der Waals surface area contributed by atoms with Gasteiger partial charge >= 0.3 is 0 Å². The number of carbonyl (C=O) groups excluding carboxylic acids is 1. The fourth-order valence-electron chi connectivity index (χ4n) is 1.15. The standard InChI is InChI=1S/C9H7N3O2/c13-5-8-9(11-12-10-8)6-1-3-7(14)4-2-6/h1-5,14H,(H,10,11,12). The van der Waals surface area contributed by atoms with Crippen LogP contribution in [0.4, 0.5) is 0 Å². The SMILES string of the molecule is O=Cc1n[nH]nc1-c1ccc(O)cc1. The van der Waals surface area contributed by atoms with Crippen molar-refractivity contribution in [3.8, 4) is 17.0 Å². The summed E-state index contributed by atoms with van der Waals surface area (Å²) >= 11 is 0. The van der Waals surface area contributed by atoms with Crippen molar-refractivity contribution in [3.05, 3.63) is 30.0 Å². The molecule has 0 aliphatic heterocycles. The topological polar surface area (TPSA) is 78.9 Å². The molecule has 0 atom stereocenters. The predicted molar refractivity (Wildman–Crippen MR) is 48.9 cm³/mol. The van der Waals surface area contributed by atoms with Gasteiger partial charge in [0.2, 0.25) is 0 Å². The Bertz CT molecular complexity index is 447. The highest BCUT2D eigenvalue weighted by molar-refractivity contribution is 5.82. The molecule has 0 saturated carbocycles. The maximum Gasteiger partial charge on any atom is 0.172 e. The van der Waals surface area contributed by atoms with Crippen molar-refractivity contribution in [1.82, 2.24) is 15.4 Å². The van der Waals surface area contributed by atoms with Gasteiger partial charge in [-0.05, 0) is 24.3 Å². The third-order valence-electron chi connectivity index (χ3n) is 1.83. The van der Waals surface area contributed by atoms with Crippen LogP contribution in [0.2, 0.25) is 0 Å². The largest absolute Gasteiger partial charge is 0.508 e. The molecule has 0 spiro atoms. The lowest BCUT2D eigenvalue weighted by atomic mass is 10.1. The smallest absolute Gasteiger partial charge is 0.172 e. The summed E-state index contributed by atoms with van der Waals surface area (Å²) < 4.78 is 0. The van der Waals surface area contributed by atoms with Crippen molar-refractivity contribution in [1.29, 1.82) is 0 Å². The number of phenolic OH excluding ortho intramolecular Hbond substituents is 1. The van der Waals surface area contributed by atoms with Gasteiger partial charge in [-0.15, -0.1) is 0 Å². The van der Waals surface area contributed by atoms with E-state index >= 15 is 0 Å². The molecule has 1 aromatic carbocycles. The average Bonchev–Trinajstić information content (AvgIpc) is 2.67. The van der Waals surface area contributed by atoms with Crippen LogP contribution in [0.25, 0.3) is 11.3 Å². The van der Waals surface area contributed by atoms with Gasteiger partial charge in [0, 0.05) is 5.56 Å². The van der Waals surface area contributed by atoms with Crippen LogP contribution >= 0.6 is 0 Å². The van der Waals surface area contributed by atoms with Gasteiger partial charge in [-0.1, -0.05) is 0 Å². The maximum absolute atomic E-state index is 10.6. The van der Waals surface area contributed by atoms with Gasteiger partial charge in [0.1, 0.15) is 11.4 Å². The zero-order valence-electron chi connectivity index (χ0n) is 7.14. The molecule has 1 aromatic heterocycles. The van der Waals surface area contributed by atoms with Crippen LogP contribution < -0.4 is 0 Å². The van der Waals surface area contributed by atoms with Crippen LogP contribution in [0.5, 0.6) is 5.75 Å². The van der Waals surface area contributed by atoms with Gasteiger partial charge < -0.3 is 5.11 Å². The van der Waals surface area contributed by atoms with E-state index in [2.05, 4.69) is 15.4 Å². The molecule has 0 fully saturated rings. The van der Waals surface area contributed by atoms with Crippen LogP contribution in [0.1, 0.15) is 10.5 Å². The third-order valence-corrected chi connectivity index (χ3v) is 1.83. The van der Waals surface area contributed by atoms with Crippen molar-refractivity contribution in [2.75, 3.05) is 0 Å². The van der Waals surface area contributed by atoms with Crippen LogP contribution in [-0.4, -0.2) is 26.8 Å². The molecule has 0 unspecified atom stereocenters. The number of rotatable bonds is 2. The lowest BCUT2D eigenvalue weighted by molar-refractivity contribution is 0.111. The highest BCUT2D eigenvalue weighted by Gasteiger charge is 2.08. The summed E-state index contributed by atoms with van der Waals surface area (Å²) in [4.78, 5) is 10.6. The van der Waals surface area contributed by atoms with E-state index in [1.807, 2.05) is 0 Å². The monoisotopic (exact) mass is 189 g/mol. The van der Waals surface area contributed by atoms with Gasteiger partial charge in [0.05, 0.1) is 0 Å². The number of carbonyl (C=O) groups is 1. The molecular weight excluding hydrogens is 182 g/mol. The summed E-state index contributed by atoms with van der Waals surface area (Å²) in [6.07, 6.45) is 0.631. The number of hydrogen-bond donors (Lipinski definition) is 2. The predicted octanol–water partition coefficient (Wildman–Crippen LogP) is 0.990. The molecule has 70 valence electrons. The van der Waals surface area contributed by atoms with Crippen molar-refractivity contribution in [3.63, 3.8) is 0 Å². The second kappa shape index (κ2) is 3.29. The zero-order valence-corrected chi connectivity index (χ0v) is 7.14. The quantitative estimate of drug-likeness (QED) is 0.690. The number of aromatic nitrogens is 3. The minimum absolute atomic E-state index is 0.171. The number of phenols is 1. The van der Waals surface area contributed by atoms with E-state index in [4.69, 9.17) is 5.11 Å². The number of aromatic amines is 1. The molecule has 5 nitrogen and oxygen atoms in total. The second-order valence-electron chi connectivity index (χ2n) is 2.72. The van der Waals surface area contributed by atoms with Gasteiger partial charge in [-0.2, -0.15) is 15.4 Å². The van der Waals surface area contributed by atoms with Crippen molar-refractivity contribution >= 4 is 6.29 Å². The third kappa shape index (κ3) is 1.35. The Kier molecular flexibility index (Phi) is 1.98. The van der Waals surface area contributed by atoms with Crippen LogP contribution in [0.15, 0.2) is 24.3 Å². The van der Waals surface area contributed by atoms with Crippen LogP contribution in [0, 0.1) is 0 Å². The number of benzene rings is 1. The van der Waals surface area contributed by atoms with E-state index in [9.17, 15) is 4.79 Å². The Morgan fingerprint density at radius 3 is 2.57 bits per heavy atom. The summed E-state index contributed by atoms with van der Waals surface area (Å²) in [5.41, 5.74) is 1.48. The Morgan fingerprint density at radius 1 is 1.21 bits per heavy atom. The van der Waals surface area contributed by atoms with E-state index in [0.717, 1.165) is 5.56 Å². The first-order chi connectivity index (χ1) is 6.81. The summed E-state index contributed by atoms with van der Waals surface area (Å²) in [5, 5.41) is 18.9. The number of aldehydes is 1. The first-order valence-corrected chi connectivity index (χ1v) is 3.96. The molecule has 0 amide bonds. The normalized spacial score (nSPS) is 10.0. The van der Waals surface area contributed by atoms with Crippen molar-refractivity contribution < 1.29 is 9.90 Å². The molecule has 5 heteroatoms. The number of hydrogen-bond acceptors (Lipinski definition) is 4. The Morgan fingerprint density at radius 2 is 1.93 bits per heavy atom. The number of nitrogens with one attached hydrogen (secondary N) is 1. The number of aromatic hydroxyl groups is 1. The first-order valence-electron chi connectivity index (χ1n) is 3.96. The summed E-state index contributed by atoms with van der Waals surface area (Å²) in [6, 6.07) is 6.39. The molecule has 0 radical (unpaired) electrons. The second-order valence-corrected chi connectivity index (χ2v) is 2.72. The first kappa shape index (κ1) is 8.43. The molecule has 0 aliphatic rings. The molecule has 2 N–H and O–H groups in total. The van der Waals surface area contributed by atoms with Crippen LogP contribution in [-0.2, 0) is 0 Å². The van der Waals surface area contributed by atoms with E-state index in [1.54, 1.807) is 12.1 Å². The highest BCUT2D eigenvalue weighted by atomic mass is 16.3. The minimum atomic E-state index is 0.171. The molecule has 2 rings (SSSR count). The van der Waals surface area contributed by atoms with Gasteiger partial charge in [0.15, 0.2) is 12.0 Å². The maximum atomic E-state index is 10.6. The molecule has 2 aromatic rings. The van der Waals surface area contributed by atoms with Crippen molar-refractivity contribution in [2.45, 2.75) is 0 Å². The molecule has 0 bridgehead atoms. The van der Waals surface area contributed by atoms with E-state index in [-0.39, 0.29) is 11.4 Å². The van der Waals surface area contributed by atoms with Gasteiger partial charge in [0.25, 0.3) is 0 Å². The van der Waals surface area contributed by atoms with E-state index in [1.165, 1.54) is 12.1 Å². The zero-order chi connectivity index (χ0) is 9.97. The fraction of sp³-hybridized carbons (Fsp3) is 0. The molecule has 0 saturated heterocycles. The molecule has 14 heavy (non-hydrogen) atoms. The lowest BCUT2D eigenvalue weighted by Gasteiger charge is -1.96. The summed E-state index contributed by atoms with van der Waals surface area (Å²) in [6.45, 7) is 0. The molecule has 1 heterocycles. The Hall–Kier alpha value is -2.17. The molecular formula is C9H7N3O2. The Balaban J connectivity index is 2.49. The highest BCUT2D eigenvalue weighted by Crippen LogP contribution is 2.20. The minimum Gasteiger partial charge on any atom is -0.508 e. The van der Waals surface area contributed by atoms with Gasteiger partial charge in [-0.3, -0.25) is 4.79 Å².